The molecule has 1 aliphatic rings. The smallest absolute Gasteiger partial charge is 0.240 e. The Morgan fingerprint density at radius 1 is 1.40 bits per heavy atom. The average molecular weight is 298 g/mol. The van der Waals surface area contributed by atoms with E-state index in [4.69, 9.17) is 4.74 Å². The number of ether oxygens (including phenoxy) is 1. The second-order valence-electron chi connectivity index (χ2n) is 5.75. The molecule has 0 bridgehead atoms. The molecule has 2 rings (SSSR count). The van der Waals surface area contributed by atoms with Crippen molar-refractivity contribution < 1.29 is 13.2 Å². The second-order valence-corrected chi connectivity index (χ2v) is 7.51. The first-order valence-corrected chi connectivity index (χ1v) is 8.27. The summed E-state index contributed by atoms with van der Waals surface area (Å²) in [5.74, 6) is 0.721. The highest BCUT2D eigenvalue weighted by Crippen LogP contribution is 2.37. The molecule has 6 heteroatoms. The van der Waals surface area contributed by atoms with Gasteiger partial charge in [0.1, 0.15) is 11.4 Å². The number of rotatable bonds is 4. The van der Waals surface area contributed by atoms with Gasteiger partial charge in [0, 0.05) is 13.6 Å². The second kappa shape index (κ2) is 5.26. The lowest BCUT2D eigenvalue weighted by Crippen LogP contribution is -2.45. The van der Waals surface area contributed by atoms with Crippen LogP contribution in [0.5, 0.6) is 5.75 Å². The Morgan fingerprint density at radius 2 is 2.10 bits per heavy atom. The minimum Gasteiger partial charge on any atom is -0.484 e. The van der Waals surface area contributed by atoms with E-state index in [0.29, 0.717) is 13.1 Å². The van der Waals surface area contributed by atoms with E-state index in [1.807, 2.05) is 32.7 Å². The molecule has 1 aromatic carbocycles. The predicted molar refractivity (Wildman–Crippen MR) is 79.9 cm³/mol. The van der Waals surface area contributed by atoms with Gasteiger partial charge in [-0.25, -0.2) is 13.1 Å². The summed E-state index contributed by atoms with van der Waals surface area (Å²) in [7, 11) is -1.50. The highest BCUT2D eigenvalue weighted by molar-refractivity contribution is 7.89. The summed E-state index contributed by atoms with van der Waals surface area (Å²) >= 11 is 0. The molecule has 1 N–H and O–H groups in total. The molecule has 1 heterocycles. The Balaban J connectivity index is 2.36. The summed E-state index contributed by atoms with van der Waals surface area (Å²) in [5.41, 5.74) is 0.534. The number of sulfonamides is 1. The van der Waals surface area contributed by atoms with Crippen LogP contribution in [0.3, 0.4) is 0 Å². The van der Waals surface area contributed by atoms with E-state index >= 15 is 0 Å². The number of nitrogens with zero attached hydrogens (tertiary/aromatic N) is 1. The molecular formula is C14H22N2O3S. The fraction of sp³-hybridized carbons (Fsp3) is 0.571. The molecule has 0 radical (unpaired) electrons. The molecule has 0 amide bonds. The van der Waals surface area contributed by atoms with E-state index in [-0.39, 0.29) is 10.5 Å². The fourth-order valence-electron chi connectivity index (χ4n) is 2.35. The topological polar surface area (TPSA) is 58.6 Å². The number of anilines is 1. The molecule has 0 atom stereocenters. The first kappa shape index (κ1) is 15.1. The highest BCUT2D eigenvalue weighted by atomic mass is 32.2. The Kier molecular flexibility index (Phi) is 3.97. The Morgan fingerprint density at radius 3 is 2.75 bits per heavy atom. The van der Waals surface area contributed by atoms with Crippen molar-refractivity contribution in [2.75, 3.05) is 25.0 Å². The van der Waals surface area contributed by atoms with E-state index < -0.39 is 10.0 Å². The van der Waals surface area contributed by atoms with E-state index in [1.54, 1.807) is 18.2 Å². The maximum absolute atomic E-state index is 12.1. The van der Waals surface area contributed by atoms with Gasteiger partial charge < -0.3 is 9.64 Å². The van der Waals surface area contributed by atoms with Crippen LogP contribution >= 0.6 is 0 Å². The Bertz CT molecular complexity index is 596. The molecule has 1 aliphatic heterocycles. The molecule has 0 fully saturated rings. The maximum atomic E-state index is 12.1. The Hall–Kier alpha value is -1.27. The Labute approximate surface area is 121 Å². The van der Waals surface area contributed by atoms with Gasteiger partial charge in [-0.1, -0.05) is 6.92 Å². The van der Waals surface area contributed by atoms with E-state index in [0.717, 1.165) is 17.9 Å². The molecule has 1 aromatic rings. The lowest BCUT2D eigenvalue weighted by Gasteiger charge is -2.39. The zero-order valence-corrected chi connectivity index (χ0v) is 13.3. The number of likely N-dealkylation sites (N-methyl/N-ethyl adjacent to an activating group) is 1. The van der Waals surface area contributed by atoms with Gasteiger partial charge >= 0.3 is 0 Å². The largest absolute Gasteiger partial charge is 0.484 e. The van der Waals surface area contributed by atoms with Crippen molar-refractivity contribution in [3.8, 4) is 5.75 Å². The van der Waals surface area contributed by atoms with E-state index in [1.165, 1.54) is 0 Å². The molecule has 5 nitrogen and oxygen atoms in total. The number of benzene rings is 1. The van der Waals surface area contributed by atoms with Crippen LogP contribution in [-0.2, 0) is 10.0 Å². The maximum Gasteiger partial charge on any atom is 0.240 e. The number of hydrogen-bond donors (Lipinski definition) is 1. The van der Waals surface area contributed by atoms with Crippen LogP contribution < -0.4 is 14.4 Å². The van der Waals surface area contributed by atoms with Crippen molar-refractivity contribution in [1.82, 2.24) is 4.72 Å². The monoisotopic (exact) mass is 298 g/mol. The fourth-order valence-corrected chi connectivity index (χ4v) is 3.51. The standard InChI is InChI=1S/C14H22N2O3S/c1-5-8-15-20(17,18)11-6-7-13-12(9-11)16(4)10-14(2,3)19-13/h6-7,9,15H,5,8,10H2,1-4H3. The van der Waals surface area contributed by atoms with Crippen LogP contribution in [0.2, 0.25) is 0 Å². The van der Waals surface area contributed by atoms with Gasteiger partial charge in [0.25, 0.3) is 0 Å². The zero-order valence-electron chi connectivity index (χ0n) is 12.4. The SMILES string of the molecule is CCCNS(=O)(=O)c1ccc2c(c1)N(C)CC(C)(C)O2. The minimum absolute atomic E-state index is 0.275. The predicted octanol–water partition coefficient (Wildman–Crippen LogP) is 1.98. The van der Waals surface area contributed by atoms with Crippen molar-refractivity contribution in [2.24, 2.45) is 0 Å². The summed E-state index contributed by atoms with van der Waals surface area (Å²) in [6.07, 6.45) is 0.765. The van der Waals surface area contributed by atoms with Crippen molar-refractivity contribution in [2.45, 2.75) is 37.7 Å². The molecule has 112 valence electrons. The first-order chi connectivity index (χ1) is 9.25. The third kappa shape index (κ3) is 3.07. The molecular weight excluding hydrogens is 276 g/mol. The molecule has 0 saturated carbocycles. The summed E-state index contributed by atoms with van der Waals surface area (Å²) in [6, 6.07) is 4.99. The van der Waals surface area contributed by atoms with Gasteiger partial charge in [-0.3, -0.25) is 0 Å². The average Bonchev–Trinajstić information content (AvgIpc) is 2.34. The lowest BCUT2D eigenvalue weighted by molar-refractivity contribution is 0.107. The lowest BCUT2D eigenvalue weighted by atomic mass is 10.1. The van der Waals surface area contributed by atoms with Crippen LogP contribution in [0.25, 0.3) is 0 Å². The van der Waals surface area contributed by atoms with Crippen LogP contribution in [0.1, 0.15) is 27.2 Å². The number of nitrogens with one attached hydrogen (secondary N) is 1. The first-order valence-electron chi connectivity index (χ1n) is 6.79. The van der Waals surface area contributed by atoms with Crippen molar-refractivity contribution in [1.29, 1.82) is 0 Å². The van der Waals surface area contributed by atoms with Gasteiger partial charge in [0.05, 0.1) is 17.1 Å². The molecule has 0 saturated heterocycles. The van der Waals surface area contributed by atoms with Crippen LogP contribution in [0, 0.1) is 0 Å². The minimum atomic E-state index is -3.44. The highest BCUT2D eigenvalue weighted by Gasteiger charge is 2.30. The summed E-state index contributed by atoms with van der Waals surface area (Å²) in [4.78, 5) is 2.30. The van der Waals surface area contributed by atoms with Crippen molar-refractivity contribution >= 4 is 15.7 Å². The zero-order chi connectivity index (χ0) is 15.0. The van der Waals surface area contributed by atoms with E-state index in [2.05, 4.69) is 4.72 Å². The van der Waals surface area contributed by atoms with E-state index in [9.17, 15) is 8.42 Å². The van der Waals surface area contributed by atoms with Crippen LogP contribution in [0.15, 0.2) is 23.1 Å². The molecule has 0 spiro atoms. The van der Waals surface area contributed by atoms with Crippen LogP contribution in [0.4, 0.5) is 5.69 Å². The summed E-state index contributed by atoms with van der Waals surface area (Å²) < 4.78 is 32.7. The molecule has 20 heavy (non-hydrogen) atoms. The number of hydrogen-bond acceptors (Lipinski definition) is 4. The molecule has 0 aromatic heterocycles. The van der Waals surface area contributed by atoms with Gasteiger partial charge in [-0.05, 0) is 38.5 Å². The number of fused-ring (bicyclic) bond motifs is 1. The van der Waals surface area contributed by atoms with Crippen LogP contribution in [-0.4, -0.2) is 34.2 Å². The quantitative estimate of drug-likeness (QED) is 0.923. The normalized spacial score (nSPS) is 17.5. The van der Waals surface area contributed by atoms with Gasteiger partial charge in [0.15, 0.2) is 0 Å². The van der Waals surface area contributed by atoms with Crippen molar-refractivity contribution in [3.05, 3.63) is 18.2 Å². The third-order valence-corrected chi connectivity index (χ3v) is 4.66. The third-order valence-electron chi connectivity index (χ3n) is 3.20. The summed E-state index contributed by atoms with van der Waals surface area (Å²) in [6.45, 7) is 7.11. The van der Waals surface area contributed by atoms with Crippen molar-refractivity contribution in [3.63, 3.8) is 0 Å². The van der Waals surface area contributed by atoms with Gasteiger partial charge in [0.2, 0.25) is 10.0 Å². The molecule has 0 aliphatic carbocycles. The molecule has 0 unspecified atom stereocenters. The van der Waals surface area contributed by atoms with Gasteiger partial charge in [-0.15, -0.1) is 0 Å². The van der Waals surface area contributed by atoms with Gasteiger partial charge in [-0.2, -0.15) is 0 Å². The summed E-state index contributed by atoms with van der Waals surface area (Å²) in [5, 5.41) is 0.